The second-order valence-corrected chi connectivity index (χ2v) is 5.92. The van der Waals surface area contributed by atoms with E-state index in [1.807, 2.05) is 18.2 Å². The van der Waals surface area contributed by atoms with Gasteiger partial charge in [-0.2, -0.15) is 0 Å². The second-order valence-electron chi connectivity index (χ2n) is 5.92. The lowest BCUT2D eigenvalue weighted by atomic mass is 10.0. The van der Waals surface area contributed by atoms with Crippen molar-refractivity contribution in [3.05, 3.63) is 71.8 Å². The highest BCUT2D eigenvalue weighted by molar-refractivity contribution is 5.92. The first kappa shape index (κ1) is 15.4. The van der Waals surface area contributed by atoms with Crippen LogP contribution in [0.3, 0.4) is 0 Å². The van der Waals surface area contributed by atoms with Crippen LogP contribution in [-0.4, -0.2) is 22.6 Å². The van der Waals surface area contributed by atoms with Gasteiger partial charge >= 0.3 is 0 Å². The Hall–Kier alpha value is -3.15. The van der Waals surface area contributed by atoms with Gasteiger partial charge in [0.1, 0.15) is 5.76 Å². The number of furan rings is 1. The quantitative estimate of drug-likeness (QED) is 0.794. The van der Waals surface area contributed by atoms with E-state index in [0.29, 0.717) is 18.0 Å². The number of hydrogen-bond acceptors (Lipinski definition) is 5. The van der Waals surface area contributed by atoms with Crippen LogP contribution in [0.1, 0.15) is 28.2 Å². The number of benzene rings is 1. The van der Waals surface area contributed by atoms with Crippen LogP contribution in [0.5, 0.6) is 0 Å². The Morgan fingerprint density at radius 2 is 2.04 bits per heavy atom. The van der Waals surface area contributed by atoms with Gasteiger partial charge in [-0.3, -0.25) is 4.79 Å². The summed E-state index contributed by atoms with van der Waals surface area (Å²) in [5.74, 6) is 1.19. The molecule has 0 fully saturated rings. The Bertz CT molecular complexity index is 859. The zero-order chi connectivity index (χ0) is 17.1. The van der Waals surface area contributed by atoms with Crippen LogP contribution < -0.4 is 10.2 Å². The summed E-state index contributed by atoms with van der Waals surface area (Å²) < 4.78 is 5.19. The maximum atomic E-state index is 12.2. The van der Waals surface area contributed by atoms with Gasteiger partial charge in [-0.25, -0.2) is 0 Å². The molecule has 0 aliphatic carbocycles. The third-order valence-corrected chi connectivity index (χ3v) is 4.27. The highest BCUT2D eigenvalue weighted by Gasteiger charge is 2.19. The van der Waals surface area contributed by atoms with E-state index < -0.39 is 0 Å². The first-order valence-electron chi connectivity index (χ1n) is 8.31. The molecule has 4 rings (SSSR count). The highest BCUT2D eigenvalue weighted by atomic mass is 16.3. The van der Waals surface area contributed by atoms with Gasteiger partial charge in [-0.05, 0) is 48.7 Å². The molecule has 1 aliphatic rings. The molecule has 1 N–H and O–H groups in total. The van der Waals surface area contributed by atoms with E-state index in [4.69, 9.17) is 4.42 Å². The van der Waals surface area contributed by atoms with Gasteiger partial charge in [0.2, 0.25) is 0 Å². The smallest absolute Gasteiger partial charge is 0.272 e. The molecule has 0 bridgehead atoms. The summed E-state index contributed by atoms with van der Waals surface area (Å²) in [7, 11) is 0. The Labute approximate surface area is 145 Å². The summed E-state index contributed by atoms with van der Waals surface area (Å²) in [6.07, 6.45) is 3.73. The van der Waals surface area contributed by atoms with Gasteiger partial charge in [0.05, 0.1) is 12.8 Å². The van der Waals surface area contributed by atoms with Crippen molar-refractivity contribution < 1.29 is 9.21 Å². The topological polar surface area (TPSA) is 71.3 Å². The third kappa shape index (κ3) is 3.24. The summed E-state index contributed by atoms with van der Waals surface area (Å²) in [6, 6.07) is 15.5. The number of aryl methyl sites for hydroxylation is 1. The van der Waals surface area contributed by atoms with E-state index >= 15 is 0 Å². The predicted octanol–water partition coefficient (Wildman–Crippen LogP) is 3.08. The van der Waals surface area contributed by atoms with Crippen LogP contribution in [-0.2, 0) is 13.0 Å². The van der Waals surface area contributed by atoms with Crippen LogP contribution in [0.2, 0.25) is 0 Å². The fourth-order valence-electron chi connectivity index (χ4n) is 3.03. The van der Waals surface area contributed by atoms with Gasteiger partial charge < -0.3 is 14.6 Å². The number of hydrogen-bond donors (Lipinski definition) is 1. The molecule has 3 aromatic rings. The summed E-state index contributed by atoms with van der Waals surface area (Å²) in [6.45, 7) is 1.23. The van der Waals surface area contributed by atoms with Gasteiger partial charge in [-0.1, -0.05) is 18.2 Å². The molecule has 0 spiro atoms. The second kappa shape index (κ2) is 6.76. The van der Waals surface area contributed by atoms with Crippen LogP contribution >= 0.6 is 0 Å². The van der Waals surface area contributed by atoms with Crippen molar-refractivity contribution >= 4 is 17.4 Å². The van der Waals surface area contributed by atoms with E-state index in [9.17, 15) is 4.79 Å². The SMILES string of the molecule is O=C(NCc1ccco1)c1ccc(N2CCCc3ccccc32)nn1. The summed E-state index contributed by atoms with van der Waals surface area (Å²) in [5.41, 5.74) is 2.77. The van der Waals surface area contributed by atoms with E-state index in [2.05, 4.69) is 38.6 Å². The first-order valence-corrected chi connectivity index (χ1v) is 8.31. The zero-order valence-corrected chi connectivity index (χ0v) is 13.7. The minimum absolute atomic E-state index is 0.269. The van der Waals surface area contributed by atoms with E-state index in [1.165, 1.54) is 5.56 Å². The molecule has 0 saturated heterocycles. The monoisotopic (exact) mass is 334 g/mol. The lowest BCUT2D eigenvalue weighted by molar-refractivity contribution is 0.0942. The number of amides is 1. The molecule has 3 heterocycles. The highest BCUT2D eigenvalue weighted by Crippen LogP contribution is 2.31. The largest absolute Gasteiger partial charge is 0.467 e. The number of nitrogens with zero attached hydrogens (tertiary/aromatic N) is 3. The molecule has 0 unspecified atom stereocenters. The Morgan fingerprint density at radius 1 is 1.12 bits per heavy atom. The molecule has 6 nitrogen and oxygen atoms in total. The zero-order valence-electron chi connectivity index (χ0n) is 13.7. The predicted molar refractivity (Wildman–Crippen MR) is 93.7 cm³/mol. The maximum Gasteiger partial charge on any atom is 0.272 e. The summed E-state index contributed by atoms with van der Waals surface area (Å²) in [4.78, 5) is 14.3. The standard InChI is InChI=1S/C19H18N4O2/c24-19(20-13-15-7-4-12-25-15)16-9-10-18(22-21-16)23-11-3-6-14-5-1-2-8-17(14)23/h1-2,4-5,7-10,12H,3,6,11,13H2,(H,20,24). The molecule has 126 valence electrons. The van der Waals surface area contributed by atoms with Gasteiger partial charge in [0, 0.05) is 12.2 Å². The van der Waals surface area contributed by atoms with Crippen molar-refractivity contribution in [3.8, 4) is 0 Å². The van der Waals surface area contributed by atoms with Crippen LogP contribution in [0.4, 0.5) is 11.5 Å². The number of fused-ring (bicyclic) bond motifs is 1. The van der Waals surface area contributed by atoms with Crippen molar-refractivity contribution in [2.75, 3.05) is 11.4 Å². The van der Waals surface area contributed by atoms with Gasteiger partial charge in [-0.15, -0.1) is 10.2 Å². The lowest BCUT2D eigenvalue weighted by Crippen LogP contribution is -2.27. The van der Waals surface area contributed by atoms with Crippen molar-refractivity contribution in [3.63, 3.8) is 0 Å². The fourth-order valence-corrected chi connectivity index (χ4v) is 3.03. The molecule has 6 heteroatoms. The first-order chi connectivity index (χ1) is 12.3. The van der Waals surface area contributed by atoms with Gasteiger partial charge in [0.15, 0.2) is 11.5 Å². The fraction of sp³-hybridized carbons (Fsp3) is 0.211. The number of carbonyl (C=O) groups excluding carboxylic acids is 1. The maximum absolute atomic E-state index is 12.2. The minimum Gasteiger partial charge on any atom is -0.467 e. The van der Waals surface area contributed by atoms with Crippen molar-refractivity contribution in [2.45, 2.75) is 19.4 Å². The van der Waals surface area contributed by atoms with Crippen LogP contribution in [0, 0.1) is 0 Å². The molecule has 25 heavy (non-hydrogen) atoms. The lowest BCUT2D eigenvalue weighted by Gasteiger charge is -2.29. The average Bonchev–Trinajstić information content (AvgIpc) is 3.19. The van der Waals surface area contributed by atoms with Crippen molar-refractivity contribution in [1.82, 2.24) is 15.5 Å². The number of nitrogens with one attached hydrogen (secondary N) is 1. The Balaban J connectivity index is 1.48. The number of anilines is 2. The number of para-hydroxylation sites is 1. The number of carbonyl (C=O) groups is 1. The molecule has 0 radical (unpaired) electrons. The Morgan fingerprint density at radius 3 is 2.84 bits per heavy atom. The molecule has 0 saturated carbocycles. The van der Waals surface area contributed by atoms with Gasteiger partial charge in [0.25, 0.3) is 5.91 Å². The van der Waals surface area contributed by atoms with E-state index in [0.717, 1.165) is 30.9 Å². The molecule has 0 atom stereocenters. The van der Waals surface area contributed by atoms with Crippen molar-refractivity contribution in [1.29, 1.82) is 0 Å². The third-order valence-electron chi connectivity index (χ3n) is 4.27. The van der Waals surface area contributed by atoms with Crippen LogP contribution in [0.25, 0.3) is 0 Å². The number of rotatable bonds is 4. The van der Waals surface area contributed by atoms with E-state index in [-0.39, 0.29) is 5.91 Å². The molecule has 1 aliphatic heterocycles. The average molecular weight is 334 g/mol. The molecular formula is C19H18N4O2. The molecule has 1 amide bonds. The Kier molecular flexibility index (Phi) is 4.16. The van der Waals surface area contributed by atoms with E-state index in [1.54, 1.807) is 18.4 Å². The summed E-state index contributed by atoms with van der Waals surface area (Å²) >= 11 is 0. The molecular weight excluding hydrogens is 316 g/mol. The molecule has 2 aromatic heterocycles. The van der Waals surface area contributed by atoms with Crippen LogP contribution in [0.15, 0.2) is 59.2 Å². The number of aromatic nitrogens is 2. The summed E-state index contributed by atoms with van der Waals surface area (Å²) in [5, 5.41) is 11.1. The van der Waals surface area contributed by atoms with Crippen molar-refractivity contribution in [2.24, 2.45) is 0 Å². The minimum atomic E-state index is -0.269. The molecule has 1 aromatic carbocycles. The normalized spacial score (nSPS) is 13.4.